The maximum atomic E-state index is 11.8. The van der Waals surface area contributed by atoms with Crippen molar-refractivity contribution in [2.75, 3.05) is 6.61 Å². The first-order valence-corrected chi connectivity index (χ1v) is 5.71. The van der Waals surface area contributed by atoms with Crippen LogP contribution in [-0.4, -0.2) is 27.9 Å². The molecule has 0 radical (unpaired) electrons. The molecule has 0 atom stereocenters. The van der Waals surface area contributed by atoms with Crippen LogP contribution in [0.5, 0.6) is 0 Å². The standard InChI is InChI=1S/C13H14N2O3/c1-3-18-13(17)7-12(16)9-4-5-11-10(6-9)14-8-15(11)2/h4-6,8H,3,7H2,1-2H3. The van der Waals surface area contributed by atoms with Crippen LogP contribution in [0.3, 0.4) is 0 Å². The average molecular weight is 246 g/mol. The Kier molecular flexibility index (Phi) is 3.41. The number of esters is 1. The molecule has 0 saturated heterocycles. The summed E-state index contributed by atoms with van der Waals surface area (Å²) in [5, 5.41) is 0. The summed E-state index contributed by atoms with van der Waals surface area (Å²) in [4.78, 5) is 27.2. The number of imidazole rings is 1. The zero-order valence-corrected chi connectivity index (χ0v) is 10.3. The molecule has 2 aromatic rings. The third-order valence-electron chi connectivity index (χ3n) is 2.66. The third kappa shape index (κ3) is 2.40. The van der Waals surface area contributed by atoms with Crippen LogP contribution < -0.4 is 0 Å². The van der Waals surface area contributed by atoms with E-state index in [1.165, 1.54) is 0 Å². The number of hydrogen-bond acceptors (Lipinski definition) is 4. The Morgan fingerprint density at radius 2 is 2.17 bits per heavy atom. The topological polar surface area (TPSA) is 61.2 Å². The van der Waals surface area contributed by atoms with Gasteiger partial charge in [-0.15, -0.1) is 0 Å². The lowest BCUT2D eigenvalue weighted by atomic mass is 10.1. The number of fused-ring (bicyclic) bond motifs is 1. The number of ketones is 1. The minimum atomic E-state index is -0.497. The molecule has 0 aliphatic rings. The summed E-state index contributed by atoms with van der Waals surface area (Å²) in [5.41, 5.74) is 2.17. The minimum Gasteiger partial charge on any atom is -0.466 e. The normalized spacial score (nSPS) is 10.6. The zero-order chi connectivity index (χ0) is 13.1. The van der Waals surface area contributed by atoms with Crippen molar-refractivity contribution in [1.82, 2.24) is 9.55 Å². The van der Waals surface area contributed by atoms with Gasteiger partial charge in [-0.25, -0.2) is 4.98 Å². The van der Waals surface area contributed by atoms with Gasteiger partial charge in [0, 0.05) is 12.6 Å². The lowest BCUT2D eigenvalue weighted by Crippen LogP contribution is -2.11. The van der Waals surface area contributed by atoms with Crippen molar-refractivity contribution in [2.45, 2.75) is 13.3 Å². The number of rotatable bonds is 4. The number of benzene rings is 1. The summed E-state index contributed by atoms with van der Waals surface area (Å²) in [6.07, 6.45) is 1.45. The molecular formula is C13H14N2O3. The molecule has 5 nitrogen and oxygen atoms in total. The van der Waals surface area contributed by atoms with Gasteiger partial charge in [-0.05, 0) is 25.1 Å². The van der Waals surface area contributed by atoms with Crippen molar-refractivity contribution in [3.8, 4) is 0 Å². The fraction of sp³-hybridized carbons (Fsp3) is 0.308. The van der Waals surface area contributed by atoms with Gasteiger partial charge in [-0.3, -0.25) is 9.59 Å². The number of carbonyl (C=O) groups is 2. The molecule has 94 valence electrons. The Balaban J connectivity index is 2.20. The molecule has 1 aromatic carbocycles. The van der Waals surface area contributed by atoms with Crippen LogP contribution in [-0.2, 0) is 16.6 Å². The van der Waals surface area contributed by atoms with E-state index in [-0.39, 0.29) is 18.8 Å². The molecular weight excluding hydrogens is 232 g/mol. The maximum absolute atomic E-state index is 11.8. The van der Waals surface area contributed by atoms with E-state index in [0.29, 0.717) is 5.56 Å². The summed E-state index contributed by atoms with van der Waals surface area (Å²) in [6, 6.07) is 5.21. The monoisotopic (exact) mass is 246 g/mol. The number of Topliss-reactive ketones (excluding diaryl/α,β-unsaturated/α-hetero) is 1. The van der Waals surface area contributed by atoms with E-state index < -0.39 is 5.97 Å². The SMILES string of the molecule is CCOC(=O)CC(=O)c1ccc2c(c1)ncn2C. The highest BCUT2D eigenvalue weighted by molar-refractivity contribution is 6.07. The average Bonchev–Trinajstić information content (AvgIpc) is 2.71. The Labute approximate surface area is 104 Å². The largest absolute Gasteiger partial charge is 0.466 e. The first-order valence-electron chi connectivity index (χ1n) is 5.71. The van der Waals surface area contributed by atoms with E-state index >= 15 is 0 Å². The molecule has 1 aromatic heterocycles. The number of aromatic nitrogens is 2. The van der Waals surface area contributed by atoms with Gasteiger partial charge in [0.25, 0.3) is 0 Å². The van der Waals surface area contributed by atoms with Crippen molar-refractivity contribution in [2.24, 2.45) is 7.05 Å². The number of carbonyl (C=O) groups excluding carboxylic acids is 2. The van der Waals surface area contributed by atoms with Gasteiger partial charge in [0.15, 0.2) is 5.78 Å². The van der Waals surface area contributed by atoms with Crippen LogP contribution in [0.1, 0.15) is 23.7 Å². The van der Waals surface area contributed by atoms with Crippen LogP contribution in [0.25, 0.3) is 11.0 Å². The minimum absolute atomic E-state index is 0.230. The Morgan fingerprint density at radius 1 is 1.39 bits per heavy atom. The van der Waals surface area contributed by atoms with E-state index in [4.69, 9.17) is 4.74 Å². The van der Waals surface area contributed by atoms with Crippen LogP contribution >= 0.6 is 0 Å². The number of aryl methyl sites for hydroxylation is 1. The predicted octanol–water partition coefficient (Wildman–Crippen LogP) is 1.71. The van der Waals surface area contributed by atoms with E-state index in [2.05, 4.69) is 4.98 Å². The summed E-state index contributed by atoms with van der Waals surface area (Å²) in [7, 11) is 1.88. The summed E-state index contributed by atoms with van der Waals surface area (Å²) < 4.78 is 6.62. The fourth-order valence-corrected chi connectivity index (χ4v) is 1.75. The molecule has 0 amide bonds. The first kappa shape index (κ1) is 12.3. The van der Waals surface area contributed by atoms with E-state index in [1.54, 1.807) is 25.4 Å². The molecule has 0 unspecified atom stereocenters. The predicted molar refractivity (Wildman–Crippen MR) is 66.3 cm³/mol. The van der Waals surface area contributed by atoms with E-state index in [0.717, 1.165) is 11.0 Å². The van der Waals surface area contributed by atoms with Gasteiger partial charge in [0.2, 0.25) is 0 Å². The lowest BCUT2D eigenvalue weighted by molar-refractivity contribution is -0.141. The van der Waals surface area contributed by atoms with Gasteiger partial charge < -0.3 is 9.30 Å². The van der Waals surface area contributed by atoms with Gasteiger partial charge in [-0.1, -0.05) is 0 Å². The van der Waals surface area contributed by atoms with Crippen molar-refractivity contribution in [3.63, 3.8) is 0 Å². The second-order valence-electron chi connectivity index (χ2n) is 3.96. The molecule has 0 fully saturated rings. The summed E-state index contributed by atoms with van der Waals surface area (Å²) >= 11 is 0. The maximum Gasteiger partial charge on any atom is 0.313 e. The number of nitrogens with zero attached hydrogens (tertiary/aromatic N) is 2. The highest BCUT2D eigenvalue weighted by Crippen LogP contribution is 2.15. The molecule has 0 N–H and O–H groups in total. The first-order chi connectivity index (χ1) is 8.61. The molecule has 0 saturated carbocycles. The Morgan fingerprint density at radius 3 is 2.89 bits per heavy atom. The summed E-state index contributed by atoms with van der Waals surface area (Å²) in [5.74, 6) is -0.746. The van der Waals surface area contributed by atoms with E-state index in [1.807, 2.05) is 17.7 Å². The fourth-order valence-electron chi connectivity index (χ4n) is 1.75. The second kappa shape index (κ2) is 5.00. The summed E-state index contributed by atoms with van der Waals surface area (Å²) in [6.45, 7) is 1.99. The molecule has 5 heteroatoms. The van der Waals surface area contributed by atoms with Crippen LogP contribution in [0.4, 0.5) is 0 Å². The van der Waals surface area contributed by atoms with E-state index in [9.17, 15) is 9.59 Å². The van der Waals surface area contributed by atoms with Gasteiger partial charge >= 0.3 is 5.97 Å². The molecule has 0 bridgehead atoms. The number of hydrogen-bond donors (Lipinski definition) is 0. The smallest absolute Gasteiger partial charge is 0.313 e. The highest BCUT2D eigenvalue weighted by Gasteiger charge is 2.13. The van der Waals surface area contributed by atoms with Crippen molar-refractivity contribution in [1.29, 1.82) is 0 Å². The van der Waals surface area contributed by atoms with Gasteiger partial charge in [0.1, 0.15) is 6.42 Å². The van der Waals surface area contributed by atoms with Crippen molar-refractivity contribution in [3.05, 3.63) is 30.1 Å². The lowest BCUT2D eigenvalue weighted by Gasteiger charge is -2.02. The molecule has 0 aliphatic heterocycles. The molecule has 18 heavy (non-hydrogen) atoms. The number of ether oxygens (including phenoxy) is 1. The van der Waals surface area contributed by atoms with Crippen LogP contribution in [0, 0.1) is 0 Å². The zero-order valence-electron chi connectivity index (χ0n) is 10.3. The quantitative estimate of drug-likeness (QED) is 0.468. The van der Waals surface area contributed by atoms with Gasteiger partial charge in [0.05, 0.1) is 24.0 Å². The Hall–Kier alpha value is -2.17. The van der Waals surface area contributed by atoms with Crippen molar-refractivity contribution < 1.29 is 14.3 Å². The molecule has 2 rings (SSSR count). The third-order valence-corrected chi connectivity index (χ3v) is 2.66. The van der Waals surface area contributed by atoms with Crippen LogP contribution in [0.2, 0.25) is 0 Å². The second-order valence-corrected chi connectivity index (χ2v) is 3.96. The highest BCUT2D eigenvalue weighted by atomic mass is 16.5. The molecule has 1 heterocycles. The van der Waals surface area contributed by atoms with Crippen LogP contribution in [0.15, 0.2) is 24.5 Å². The van der Waals surface area contributed by atoms with Gasteiger partial charge in [-0.2, -0.15) is 0 Å². The van der Waals surface area contributed by atoms with Crippen molar-refractivity contribution >= 4 is 22.8 Å². The molecule has 0 aliphatic carbocycles. The Bertz CT molecular complexity index is 601. The molecule has 0 spiro atoms.